The van der Waals surface area contributed by atoms with E-state index in [1.54, 1.807) is 0 Å². The molecule has 1 rings (SSSR count). The second-order valence-corrected chi connectivity index (χ2v) is 4.58. The molecule has 0 aliphatic rings. The predicted molar refractivity (Wildman–Crippen MR) is 68.6 cm³/mol. The Bertz CT molecular complexity index is 272. The van der Waals surface area contributed by atoms with Crippen LogP contribution in [-0.2, 0) is 6.42 Å². The van der Waals surface area contributed by atoms with Gasteiger partial charge in [-0.05, 0) is 52.0 Å². The molecule has 0 fully saturated rings. The number of aromatic nitrogens is 1. The lowest BCUT2D eigenvalue weighted by molar-refractivity contribution is 0.349. The van der Waals surface area contributed by atoms with Gasteiger partial charge in [0.1, 0.15) is 0 Å². The van der Waals surface area contributed by atoms with Crippen LogP contribution in [0, 0.1) is 0 Å². The first-order chi connectivity index (χ1) is 7.68. The van der Waals surface area contributed by atoms with Gasteiger partial charge in [-0.1, -0.05) is 6.07 Å². The van der Waals surface area contributed by atoms with E-state index >= 15 is 0 Å². The van der Waals surface area contributed by atoms with Crippen molar-refractivity contribution in [2.24, 2.45) is 0 Å². The van der Waals surface area contributed by atoms with Crippen molar-refractivity contribution in [3.8, 4) is 0 Å². The third kappa shape index (κ3) is 5.83. The normalized spacial score (nSPS) is 13.0. The van der Waals surface area contributed by atoms with Crippen LogP contribution in [-0.4, -0.2) is 43.1 Å². The summed E-state index contributed by atoms with van der Waals surface area (Å²) in [4.78, 5) is 6.32. The van der Waals surface area contributed by atoms with Crippen LogP contribution < -0.4 is 5.32 Å². The largest absolute Gasteiger partial charge is 0.313 e. The van der Waals surface area contributed by atoms with Gasteiger partial charge >= 0.3 is 0 Å². The smallest absolute Gasteiger partial charge is 0.0299 e. The van der Waals surface area contributed by atoms with Crippen molar-refractivity contribution in [3.05, 3.63) is 30.1 Å². The fourth-order valence-electron chi connectivity index (χ4n) is 1.80. The summed E-state index contributed by atoms with van der Waals surface area (Å²) in [5.41, 5.74) is 1.32. The first-order valence-electron chi connectivity index (χ1n) is 5.95. The minimum Gasteiger partial charge on any atom is -0.313 e. The molecule has 1 aromatic rings. The summed E-state index contributed by atoms with van der Waals surface area (Å²) in [6.45, 7) is 4.39. The Kier molecular flexibility index (Phi) is 6.04. The molecule has 0 spiro atoms. The Labute approximate surface area is 98.9 Å². The average molecular weight is 221 g/mol. The van der Waals surface area contributed by atoms with E-state index in [9.17, 15) is 0 Å². The number of hydrogen-bond donors (Lipinski definition) is 1. The highest BCUT2D eigenvalue weighted by molar-refractivity contribution is 5.08. The molecule has 1 aromatic heterocycles. The Morgan fingerprint density at radius 3 is 2.88 bits per heavy atom. The quantitative estimate of drug-likeness (QED) is 0.708. The number of nitrogens with zero attached hydrogens (tertiary/aromatic N) is 2. The Balaban J connectivity index is 2.08. The summed E-state index contributed by atoms with van der Waals surface area (Å²) < 4.78 is 0. The maximum atomic E-state index is 4.11. The van der Waals surface area contributed by atoms with Crippen LogP contribution in [0.4, 0.5) is 0 Å². The van der Waals surface area contributed by atoms with Gasteiger partial charge < -0.3 is 10.2 Å². The standard InChI is InChI=1S/C13H23N3/c1-12(11-16(2)3)15-9-5-7-13-6-4-8-14-10-13/h4,6,8,10,12,15H,5,7,9,11H2,1-3H3. The van der Waals surface area contributed by atoms with Crippen LogP contribution in [0.1, 0.15) is 18.9 Å². The van der Waals surface area contributed by atoms with Gasteiger partial charge in [0, 0.05) is 25.0 Å². The van der Waals surface area contributed by atoms with E-state index in [0.29, 0.717) is 6.04 Å². The van der Waals surface area contributed by atoms with Crippen LogP contribution in [0.25, 0.3) is 0 Å². The number of rotatable bonds is 7. The van der Waals surface area contributed by atoms with Crippen LogP contribution in [0.3, 0.4) is 0 Å². The van der Waals surface area contributed by atoms with Gasteiger partial charge in [0.05, 0.1) is 0 Å². The zero-order valence-electron chi connectivity index (χ0n) is 10.6. The van der Waals surface area contributed by atoms with Crippen LogP contribution >= 0.6 is 0 Å². The van der Waals surface area contributed by atoms with Gasteiger partial charge in [-0.3, -0.25) is 4.98 Å². The Hall–Kier alpha value is -0.930. The highest BCUT2D eigenvalue weighted by Gasteiger charge is 2.01. The van der Waals surface area contributed by atoms with E-state index in [0.717, 1.165) is 19.5 Å². The van der Waals surface area contributed by atoms with E-state index < -0.39 is 0 Å². The van der Waals surface area contributed by atoms with Crippen molar-refractivity contribution in [2.45, 2.75) is 25.8 Å². The highest BCUT2D eigenvalue weighted by Crippen LogP contribution is 1.99. The molecule has 1 atom stereocenters. The van der Waals surface area contributed by atoms with E-state index in [-0.39, 0.29) is 0 Å². The number of hydrogen-bond acceptors (Lipinski definition) is 3. The first-order valence-corrected chi connectivity index (χ1v) is 5.95. The summed E-state index contributed by atoms with van der Waals surface area (Å²) in [6, 6.07) is 4.69. The van der Waals surface area contributed by atoms with Gasteiger partial charge in [0.15, 0.2) is 0 Å². The minimum atomic E-state index is 0.559. The summed E-state index contributed by atoms with van der Waals surface area (Å²) >= 11 is 0. The first kappa shape index (κ1) is 13.1. The zero-order chi connectivity index (χ0) is 11.8. The molecule has 0 bridgehead atoms. The molecule has 90 valence electrons. The van der Waals surface area contributed by atoms with Gasteiger partial charge in [0.25, 0.3) is 0 Å². The fourth-order valence-corrected chi connectivity index (χ4v) is 1.80. The molecule has 0 saturated carbocycles. The van der Waals surface area contributed by atoms with E-state index in [4.69, 9.17) is 0 Å². The molecule has 1 unspecified atom stereocenters. The number of likely N-dealkylation sites (N-methyl/N-ethyl adjacent to an activating group) is 1. The van der Waals surface area contributed by atoms with Gasteiger partial charge in [0.2, 0.25) is 0 Å². The summed E-state index contributed by atoms with van der Waals surface area (Å²) in [6.07, 6.45) is 6.04. The van der Waals surface area contributed by atoms with Crippen molar-refractivity contribution >= 4 is 0 Å². The van der Waals surface area contributed by atoms with Gasteiger partial charge in [-0.25, -0.2) is 0 Å². The van der Waals surface area contributed by atoms with E-state index in [2.05, 4.69) is 42.3 Å². The lowest BCUT2D eigenvalue weighted by Crippen LogP contribution is -2.36. The highest BCUT2D eigenvalue weighted by atomic mass is 15.1. The van der Waals surface area contributed by atoms with Crippen molar-refractivity contribution in [1.82, 2.24) is 15.2 Å². The number of aryl methyl sites for hydroxylation is 1. The monoisotopic (exact) mass is 221 g/mol. The molecule has 16 heavy (non-hydrogen) atoms. The zero-order valence-corrected chi connectivity index (χ0v) is 10.6. The molecular weight excluding hydrogens is 198 g/mol. The topological polar surface area (TPSA) is 28.2 Å². The Morgan fingerprint density at radius 1 is 1.44 bits per heavy atom. The summed E-state index contributed by atoms with van der Waals surface area (Å²) in [7, 11) is 4.21. The fraction of sp³-hybridized carbons (Fsp3) is 0.615. The van der Waals surface area contributed by atoms with Crippen molar-refractivity contribution in [1.29, 1.82) is 0 Å². The van der Waals surface area contributed by atoms with Crippen molar-refractivity contribution in [2.75, 3.05) is 27.2 Å². The molecular formula is C13H23N3. The lowest BCUT2D eigenvalue weighted by atomic mass is 10.1. The predicted octanol–water partition coefficient (Wildman–Crippen LogP) is 1.55. The Morgan fingerprint density at radius 2 is 2.25 bits per heavy atom. The summed E-state index contributed by atoms with van der Waals surface area (Å²) in [5, 5.41) is 3.52. The number of nitrogens with one attached hydrogen (secondary N) is 1. The third-order valence-electron chi connectivity index (χ3n) is 2.50. The molecule has 1 N–H and O–H groups in total. The van der Waals surface area contributed by atoms with Crippen LogP contribution in [0.2, 0.25) is 0 Å². The second kappa shape index (κ2) is 7.36. The van der Waals surface area contributed by atoms with Gasteiger partial charge in [-0.15, -0.1) is 0 Å². The molecule has 3 heteroatoms. The van der Waals surface area contributed by atoms with E-state index in [1.807, 2.05) is 18.5 Å². The molecule has 0 radical (unpaired) electrons. The third-order valence-corrected chi connectivity index (χ3v) is 2.50. The van der Waals surface area contributed by atoms with Crippen molar-refractivity contribution < 1.29 is 0 Å². The molecule has 0 aliphatic heterocycles. The SMILES string of the molecule is CC(CN(C)C)NCCCc1cccnc1. The van der Waals surface area contributed by atoms with Crippen molar-refractivity contribution in [3.63, 3.8) is 0 Å². The van der Waals surface area contributed by atoms with Crippen LogP contribution in [0.5, 0.6) is 0 Å². The van der Waals surface area contributed by atoms with Crippen LogP contribution in [0.15, 0.2) is 24.5 Å². The molecule has 0 aromatic carbocycles. The second-order valence-electron chi connectivity index (χ2n) is 4.58. The van der Waals surface area contributed by atoms with E-state index in [1.165, 1.54) is 12.0 Å². The maximum Gasteiger partial charge on any atom is 0.0299 e. The number of pyridine rings is 1. The van der Waals surface area contributed by atoms with Gasteiger partial charge in [-0.2, -0.15) is 0 Å². The molecule has 0 saturated heterocycles. The maximum absolute atomic E-state index is 4.11. The average Bonchev–Trinajstić information content (AvgIpc) is 2.25. The summed E-state index contributed by atoms with van der Waals surface area (Å²) in [5.74, 6) is 0. The minimum absolute atomic E-state index is 0.559. The molecule has 0 aliphatic carbocycles. The molecule has 1 heterocycles. The molecule has 3 nitrogen and oxygen atoms in total. The molecule has 0 amide bonds. The lowest BCUT2D eigenvalue weighted by Gasteiger charge is -2.18.